The number of hydrogen-bond donors (Lipinski definition) is 2. The number of carbonyl (C=O) groups excluding carboxylic acids is 2. The Balaban J connectivity index is 1.90. The maximum atomic E-state index is 12.4. The number of likely N-dealkylation sites (N-methyl/N-ethyl adjacent to an activating group) is 1. The van der Waals surface area contributed by atoms with Gasteiger partial charge in [-0.25, -0.2) is 0 Å². The lowest BCUT2D eigenvalue weighted by Crippen LogP contribution is -2.49. The second-order valence-electron chi connectivity index (χ2n) is 6.35. The van der Waals surface area contributed by atoms with E-state index in [1.807, 2.05) is 56.3 Å². The fourth-order valence-electron chi connectivity index (χ4n) is 2.74. The normalized spacial score (nSPS) is 12.6. The molecule has 2 N–H and O–H groups in total. The van der Waals surface area contributed by atoms with Gasteiger partial charge in [0.2, 0.25) is 11.8 Å². The van der Waals surface area contributed by atoms with E-state index in [4.69, 9.17) is 24.4 Å². The van der Waals surface area contributed by atoms with E-state index in [0.29, 0.717) is 23.1 Å². The van der Waals surface area contributed by atoms with Crippen LogP contribution in [0, 0.1) is 0 Å². The Hall–Kier alpha value is -2.58. The highest BCUT2D eigenvalue weighted by Gasteiger charge is 2.19. The van der Waals surface area contributed by atoms with Gasteiger partial charge in [0.05, 0.1) is 0 Å². The van der Waals surface area contributed by atoms with E-state index in [-0.39, 0.29) is 6.42 Å². The van der Waals surface area contributed by atoms with Crippen molar-refractivity contribution >= 4 is 46.2 Å². The van der Waals surface area contributed by atoms with E-state index in [1.165, 1.54) is 0 Å². The van der Waals surface area contributed by atoms with Crippen LogP contribution in [0.25, 0.3) is 0 Å². The number of amides is 2. The van der Waals surface area contributed by atoms with E-state index in [9.17, 15) is 9.59 Å². The summed E-state index contributed by atoms with van der Waals surface area (Å²) in [6.07, 6.45) is 7.64. The Kier molecular flexibility index (Phi) is 8.95. The van der Waals surface area contributed by atoms with Gasteiger partial charge in [-0.05, 0) is 26.7 Å². The molecule has 0 aliphatic heterocycles. The number of allylic oxidation sites excluding steroid dienone is 2. The van der Waals surface area contributed by atoms with Crippen LogP contribution < -0.4 is 10.9 Å². The highest BCUT2D eigenvalue weighted by molar-refractivity contribution is 7.81. The SMILES string of the molecule is CCN(NC(=O)CC(=O)NN(CC)C(=S)c1ccccc1)C(=S)C1=CCCC=C1. The predicted octanol–water partition coefficient (Wildman–Crippen LogP) is 3.06. The van der Waals surface area contributed by atoms with Crippen molar-refractivity contribution < 1.29 is 9.59 Å². The molecule has 1 aromatic rings. The molecule has 2 amide bonds. The Bertz CT molecular complexity index is 821. The molecule has 0 unspecified atom stereocenters. The van der Waals surface area contributed by atoms with E-state index < -0.39 is 11.8 Å². The van der Waals surface area contributed by atoms with Gasteiger partial charge in [0.15, 0.2) is 0 Å². The van der Waals surface area contributed by atoms with Gasteiger partial charge < -0.3 is 0 Å². The molecule has 1 aliphatic carbocycles. The molecular formula is C21H26N4O2S2. The van der Waals surface area contributed by atoms with Gasteiger partial charge in [-0.1, -0.05) is 73.0 Å². The van der Waals surface area contributed by atoms with Crippen LogP contribution in [-0.4, -0.2) is 44.9 Å². The summed E-state index contributed by atoms with van der Waals surface area (Å²) in [5.41, 5.74) is 7.14. The summed E-state index contributed by atoms with van der Waals surface area (Å²) in [7, 11) is 0. The average Bonchev–Trinajstić information content (AvgIpc) is 2.76. The molecule has 154 valence electrons. The fraction of sp³-hybridized carbons (Fsp3) is 0.333. The first-order valence-corrected chi connectivity index (χ1v) is 10.4. The van der Waals surface area contributed by atoms with E-state index >= 15 is 0 Å². The summed E-state index contributed by atoms with van der Waals surface area (Å²) in [4.78, 5) is 25.7. The van der Waals surface area contributed by atoms with Crippen LogP contribution >= 0.6 is 24.4 Å². The lowest BCUT2D eigenvalue weighted by atomic mass is 10.1. The molecule has 6 nitrogen and oxygen atoms in total. The van der Waals surface area contributed by atoms with E-state index in [2.05, 4.69) is 16.9 Å². The van der Waals surface area contributed by atoms with Gasteiger partial charge in [0.25, 0.3) is 0 Å². The largest absolute Gasteiger partial charge is 0.274 e. The highest BCUT2D eigenvalue weighted by atomic mass is 32.1. The third kappa shape index (κ3) is 6.76. The summed E-state index contributed by atoms with van der Waals surface area (Å²) >= 11 is 10.9. The molecular weight excluding hydrogens is 404 g/mol. The maximum absolute atomic E-state index is 12.4. The van der Waals surface area contributed by atoms with Crippen molar-refractivity contribution in [2.45, 2.75) is 33.1 Å². The van der Waals surface area contributed by atoms with Crippen LogP contribution in [0.3, 0.4) is 0 Å². The number of nitrogens with zero attached hydrogens (tertiary/aromatic N) is 2. The standard InChI is InChI=1S/C21H26N4O2S2/c1-3-24(20(28)16-11-7-5-8-12-16)22-18(26)15-19(27)23-25(4-2)21(29)17-13-9-6-10-14-17/h5,7-9,11-14H,3-4,6,10,15H2,1-2H3,(H,22,26)(H,23,27). The first kappa shape index (κ1) is 22.7. The Morgan fingerprint density at radius 3 is 2.03 bits per heavy atom. The molecule has 0 aromatic heterocycles. The smallest absolute Gasteiger partial charge is 0.248 e. The van der Waals surface area contributed by atoms with Crippen LogP contribution in [0.2, 0.25) is 0 Å². The van der Waals surface area contributed by atoms with Crippen LogP contribution in [0.15, 0.2) is 54.1 Å². The minimum absolute atomic E-state index is 0.331. The van der Waals surface area contributed by atoms with Crippen molar-refractivity contribution in [3.8, 4) is 0 Å². The maximum Gasteiger partial charge on any atom is 0.248 e. The van der Waals surface area contributed by atoms with Gasteiger partial charge in [-0.15, -0.1) is 0 Å². The fourth-order valence-corrected chi connectivity index (χ4v) is 3.37. The minimum Gasteiger partial charge on any atom is -0.274 e. The molecule has 0 saturated carbocycles. The number of hydrogen-bond acceptors (Lipinski definition) is 4. The van der Waals surface area contributed by atoms with Crippen molar-refractivity contribution in [1.29, 1.82) is 0 Å². The Labute approximate surface area is 182 Å². The summed E-state index contributed by atoms with van der Waals surface area (Å²) in [5, 5.41) is 3.14. The van der Waals surface area contributed by atoms with Gasteiger partial charge >= 0.3 is 0 Å². The lowest BCUT2D eigenvalue weighted by Gasteiger charge is -2.26. The highest BCUT2D eigenvalue weighted by Crippen LogP contribution is 2.13. The molecule has 1 aromatic carbocycles. The van der Waals surface area contributed by atoms with Crippen molar-refractivity contribution in [2.24, 2.45) is 0 Å². The molecule has 0 fully saturated rings. The Morgan fingerprint density at radius 2 is 1.52 bits per heavy atom. The van der Waals surface area contributed by atoms with E-state index in [1.54, 1.807) is 10.0 Å². The second kappa shape index (κ2) is 11.4. The molecule has 0 heterocycles. The molecule has 1 aliphatic rings. The van der Waals surface area contributed by atoms with Crippen LogP contribution in [0.4, 0.5) is 0 Å². The second-order valence-corrected chi connectivity index (χ2v) is 7.12. The van der Waals surface area contributed by atoms with Gasteiger partial charge in [0.1, 0.15) is 16.4 Å². The predicted molar refractivity (Wildman–Crippen MR) is 123 cm³/mol. The van der Waals surface area contributed by atoms with E-state index in [0.717, 1.165) is 24.0 Å². The number of benzene rings is 1. The molecule has 29 heavy (non-hydrogen) atoms. The Morgan fingerprint density at radius 1 is 0.931 bits per heavy atom. The zero-order valence-electron chi connectivity index (χ0n) is 16.7. The third-order valence-corrected chi connectivity index (χ3v) is 5.14. The van der Waals surface area contributed by atoms with Crippen LogP contribution in [0.5, 0.6) is 0 Å². The molecule has 8 heteroatoms. The quantitative estimate of drug-likeness (QED) is 0.411. The summed E-state index contributed by atoms with van der Waals surface area (Å²) in [6, 6.07) is 9.40. The zero-order chi connectivity index (χ0) is 21.2. The number of carbonyl (C=O) groups is 2. The van der Waals surface area contributed by atoms with Crippen LogP contribution in [0.1, 0.15) is 38.7 Å². The zero-order valence-corrected chi connectivity index (χ0v) is 18.3. The lowest BCUT2D eigenvalue weighted by molar-refractivity contribution is -0.132. The van der Waals surface area contributed by atoms with Crippen molar-refractivity contribution in [2.75, 3.05) is 13.1 Å². The van der Waals surface area contributed by atoms with Crippen LogP contribution in [-0.2, 0) is 9.59 Å². The summed E-state index contributed by atoms with van der Waals surface area (Å²) in [5.74, 6) is -0.879. The minimum atomic E-state index is -0.443. The van der Waals surface area contributed by atoms with Crippen molar-refractivity contribution in [1.82, 2.24) is 20.9 Å². The molecule has 0 spiro atoms. The van der Waals surface area contributed by atoms with Gasteiger partial charge in [-0.2, -0.15) is 0 Å². The number of nitrogens with one attached hydrogen (secondary N) is 2. The monoisotopic (exact) mass is 430 g/mol. The van der Waals surface area contributed by atoms with Gasteiger partial charge in [-0.3, -0.25) is 30.5 Å². The number of thiocarbonyl (C=S) groups is 2. The third-order valence-electron chi connectivity index (χ3n) is 4.23. The number of rotatable bonds is 6. The first-order chi connectivity index (χ1) is 14.0. The topological polar surface area (TPSA) is 64.7 Å². The average molecular weight is 431 g/mol. The van der Waals surface area contributed by atoms with Gasteiger partial charge in [0, 0.05) is 24.2 Å². The molecule has 0 bridgehead atoms. The summed E-state index contributed by atoms with van der Waals surface area (Å²) < 4.78 is 0. The van der Waals surface area contributed by atoms with Crippen molar-refractivity contribution in [3.63, 3.8) is 0 Å². The first-order valence-electron chi connectivity index (χ1n) is 9.60. The molecule has 0 radical (unpaired) electrons. The molecule has 0 atom stereocenters. The molecule has 0 saturated heterocycles. The summed E-state index contributed by atoms with van der Waals surface area (Å²) in [6.45, 7) is 4.73. The van der Waals surface area contributed by atoms with Crippen molar-refractivity contribution in [3.05, 3.63) is 59.7 Å². The molecule has 2 rings (SSSR count). The number of hydrazine groups is 2.